The summed E-state index contributed by atoms with van der Waals surface area (Å²) in [6.45, 7) is 5.86. The summed E-state index contributed by atoms with van der Waals surface area (Å²) in [5.41, 5.74) is 6.75. The number of carbonyl (C=O) groups is 2. The molecule has 0 spiro atoms. The van der Waals surface area contributed by atoms with Crippen LogP contribution in [-0.2, 0) is 11.3 Å². The van der Waals surface area contributed by atoms with Gasteiger partial charge in [-0.3, -0.25) is 9.59 Å². The Bertz CT molecular complexity index is 1310. The number of carbonyl (C=O) groups excluding carboxylic acids is 2. The van der Waals surface area contributed by atoms with E-state index in [-0.39, 0.29) is 11.8 Å². The van der Waals surface area contributed by atoms with Gasteiger partial charge in [0, 0.05) is 30.9 Å². The standard InChI is InChI=1S/C27H26N4O2/c1-18-12-13-24(19(2)14-18)26-25(17-31(30-26)23-10-5-4-6-11-23)27(33)28-16-21-8-7-9-22(15-21)29-20(3)32/h4-15,17H,16H2,1-3H3,(H,28,33)(H,29,32). The Morgan fingerprint density at radius 2 is 1.73 bits per heavy atom. The van der Waals surface area contributed by atoms with Gasteiger partial charge in [0.15, 0.2) is 0 Å². The topological polar surface area (TPSA) is 76.0 Å². The van der Waals surface area contributed by atoms with Crippen LogP contribution >= 0.6 is 0 Å². The summed E-state index contributed by atoms with van der Waals surface area (Å²) in [4.78, 5) is 24.6. The Labute approximate surface area is 193 Å². The zero-order valence-electron chi connectivity index (χ0n) is 18.9. The number of anilines is 1. The van der Waals surface area contributed by atoms with E-state index in [1.807, 2.05) is 80.6 Å². The largest absolute Gasteiger partial charge is 0.348 e. The third-order valence-electron chi connectivity index (χ3n) is 5.32. The van der Waals surface area contributed by atoms with E-state index < -0.39 is 0 Å². The van der Waals surface area contributed by atoms with Gasteiger partial charge in [0.1, 0.15) is 5.69 Å². The molecule has 0 radical (unpaired) electrons. The number of hydrogen-bond donors (Lipinski definition) is 2. The number of para-hydroxylation sites is 1. The highest BCUT2D eigenvalue weighted by Gasteiger charge is 2.20. The quantitative estimate of drug-likeness (QED) is 0.443. The molecular formula is C27H26N4O2. The maximum absolute atomic E-state index is 13.3. The van der Waals surface area contributed by atoms with E-state index in [1.54, 1.807) is 10.9 Å². The molecule has 6 heteroatoms. The van der Waals surface area contributed by atoms with Gasteiger partial charge in [-0.15, -0.1) is 0 Å². The lowest BCUT2D eigenvalue weighted by Crippen LogP contribution is -2.23. The second-order valence-corrected chi connectivity index (χ2v) is 8.05. The van der Waals surface area contributed by atoms with Gasteiger partial charge in [0.2, 0.25) is 5.91 Å². The Morgan fingerprint density at radius 3 is 2.45 bits per heavy atom. The van der Waals surface area contributed by atoms with Crippen molar-refractivity contribution in [3.05, 3.63) is 101 Å². The molecule has 0 atom stereocenters. The van der Waals surface area contributed by atoms with E-state index in [1.165, 1.54) is 6.92 Å². The van der Waals surface area contributed by atoms with Crippen LogP contribution in [0, 0.1) is 13.8 Å². The number of amides is 2. The van der Waals surface area contributed by atoms with Crippen LogP contribution in [0.1, 0.15) is 34.0 Å². The predicted octanol–water partition coefficient (Wildman–Crippen LogP) is 5.04. The van der Waals surface area contributed by atoms with Crippen LogP contribution in [0.3, 0.4) is 0 Å². The molecule has 4 rings (SSSR count). The Morgan fingerprint density at radius 1 is 0.939 bits per heavy atom. The van der Waals surface area contributed by atoms with Gasteiger partial charge in [-0.2, -0.15) is 5.10 Å². The van der Waals surface area contributed by atoms with Crippen LogP contribution in [0.25, 0.3) is 16.9 Å². The molecule has 0 saturated carbocycles. The van der Waals surface area contributed by atoms with Crippen LogP contribution in [0.2, 0.25) is 0 Å². The van der Waals surface area contributed by atoms with Gasteiger partial charge in [0.05, 0.1) is 11.3 Å². The summed E-state index contributed by atoms with van der Waals surface area (Å²) in [5.74, 6) is -0.347. The summed E-state index contributed by atoms with van der Waals surface area (Å²) >= 11 is 0. The van der Waals surface area contributed by atoms with Gasteiger partial charge < -0.3 is 10.6 Å². The summed E-state index contributed by atoms with van der Waals surface area (Å²) in [6.07, 6.45) is 1.77. The average molecular weight is 439 g/mol. The first-order valence-electron chi connectivity index (χ1n) is 10.8. The van der Waals surface area contributed by atoms with Crippen molar-refractivity contribution < 1.29 is 9.59 Å². The third kappa shape index (κ3) is 5.18. The molecule has 0 bridgehead atoms. The minimum atomic E-state index is -0.211. The van der Waals surface area contributed by atoms with Gasteiger partial charge in [-0.25, -0.2) is 4.68 Å². The van der Waals surface area contributed by atoms with Crippen LogP contribution < -0.4 is 10.6 Å². The number of nitrogens with zero attached hydrogens (tertiary/aromatic N) is 2. The van der Waals surface area contributed by atoms with Crippen molar-refractivity contribution in [1.29, 1.82) is 0 Å². The molecule has 6 nitrogen and oxygen atoms in total. The molecule has 2 N–H and O–H groups in total. The molecule has 1 aromatic heterocycles. The lowest BCUT2D eigenvalue weighted by Gasteiger charge is -2.09. The smallest absolute Gasteiger partial charge is 0.255 e. The number of aryl methyl sites for hydroxylation is 2. The minimum absolute atomic E-state index is 0.136. The molecule has 0 fully saturated rings. The maximum atomic E-state index is 13.3. The van der Waals surface area contributed by atoms with Crippen LogP contribution in [0.4, 0.5) is 5.69 Å². The van der Waals surface area contributed by atoms with Gasteiger partial charge in [-0.05, 0) is 49.2 Å². The molecule has 0 saturated heterocycles. The van der Waals surface area contributed by atoms with Crippen molar-refractivity contribution in [3.63, 3.8) is 0 Å². The van der Waals surface area contributed by atoms with Crippen molar-refractivity contribution >= 4 is 17.5 Å². The van der Waals surface area contributed by atoms with Crippen LogP contribution in [0.5, 0.6) is 0 Å². The molecule has 0 aliphatic heterocycles. The van der Waals surface area contributed by atoms with Crippen molar-refractivity contribution in [2.75, 3.05) is 5.32 Å². The first-order chi connectivity index (χ1) is 15.9. The monoisotopic (exact) mass is 438 g/mol. The van der Waals surface area contributed by atoms with E-state index in [2.05, 4.69) is 16.7 Å². The fourth-order valence-corrected chi connectivity index (χ4v) is 3.77. The summed E-state index contributed by atoms with van der Waals surface area (Å²) < 4.78 is 1.74. The third-order valence-corrected chi connectivity index (χ3v) is 5.32. The van der Waals surface area contributed by atoms with Gasteiger partial charge >= 0.3 is 0 Å². The second kappa shape index (κ2) is 9.53. The highest BCUT2D eigenvalue weighted by Crippen LogP contribution is 2.27. The van der Waals surface area contributed by atoms with Crippen LogP contribution in [-0.4, -0.2) is 21.6 Å². The van der Waals surface area contributed by atoms with E-state index in [4.69, 9.17) is 5.10 Å². The minimum Gasteiger partial charge on any atom is -0.348 e. The van der Waals surface area contributed by atoms with Crippen molar-refractivity contribution in [2.45, 2.75) is 27.3 Å². The summed E-state index contributed by atoms with van der Waals surface area (Å²) in [7, 11) is 0. The fourth-order valence-electron chi connectivity index (χ4n) is 3.77. The van der Waals surface area contributed by atoms with Crippen molar-refractivity contribution in [3.8, 4) is 16.9 Å². The number of aromatic nitrogens is 2. The Kier molecular flexibility index (Phi) is 6.36. The zero-order valence-corrected chi connectivity index (χ0v) is 18.9. The highest BCUT2D eigenvalue weighted by molar-refractivity contribution is 6.00. The highest BCUT2D eigenvalue weighted by atomic mass is 16.2. The molecule has 0 aliphatic carbocycles. The first-order valence-corrected chi connectivity index (χ1v) is 10.8. The molecule has 33 heavy (non-hydrogen) atoms. The van der Waals surface area contributed by atoms with E-state index in [9.17, 15) is 9.59 Å². The van der Waals surface area contributed by atoms with Crippen molar-refractivity contribution in [1.82, 2.24) is 15.1 Å². The van der Waals surface area contributed by atoms with Gasteiger partial charge in [-0.1, -0.05) is 54.1 Å². The number of hydrogen-bond acceptors (Lipinski definition) is 3. The predicted molar refractivity (Wildman–Crippen MR) is 130 cm³/mol. The van der Waals surface area contributed by atoms with E-state index in [0.717, 1.165) is 27.9 Å². The zero-order chi connectivity index (χ0) is 23.4. The molecule has 0 aliphatic rings. The number of nitrogens with one attached hydrogen (secondary N) is 2. The normalized spacial score (nSPS) is 10.6. The molecule has 166 valence electrons. The maximum Gasteiger partial charge on any atom is 0.255 e. The number of benzene rings is 3. The molecule has 4 aromatic rings. The van der Waals surface area contributed by atoms with Crippen molar-refractivity contribution in [2.24, 2.45) is 0 Å². The van der Waals surface area contributed by atoms with Gasteiger partial charge in [0.25, 0.3) is 5.91 Å². The summed E-state index contributed by atoms with van der Waals surface area (Å²) in [6, 6.07) is 23.3. The molecule has 3 aromatic carbocycles. The fraction of sp³-hybridized carbons (Fsp3) is 0.148. The number of rotatable bonds is 6. The Hall–Kier alpha value is -4.19. The molecule has 1 heterocycles. The molecule has 0 unspecified atom stereocenters. The lowest BCUT2D eigenvalue weighted by atomic mass is 10.0. The summed E-state index contributed by atoms with van der Waals surface area (Å²) in [5, 5.41) is 10.5. The second-order valence-electron chi connectivity index (χ2n) is 8.05. The Balaban J connectivity index is 1.65. The average Bonchev–Trinajstić information content (AvgIpc) is 3.23. The SMILES string of the molecule is CC(=O)Nc1cccc(CNC(=O)c2cn(-c3ccccc3)nc2-c2ccc(C)cc2C)c1. The first kappa shape index (κ1) is 22.0. The molecular weight excluding hydrogens is 412 g/mol. The lowest BCUT2D eigenvalue weighted by molar-refractivity contribution is -0.114. The van der Waals surface area contributed by atoms with Crippen LogP contribution in [0.15, 0.2) is 79.0 Å². The van der Waals surface area contributed by atoms with E-state index in [0.29, 0.717) is 23.5 Å². The van der Waals surface area contributed by atoms with E-state index >= 15 is 0 Å². The molecule has 2 amide bonds.